The van der Waals surface area contributed by atoms with E-state index in [0.717, 1.165) is 0 Å². The molecule has 28 heavy (non-hydrogen) atoms. The van der Waals surface area contributed by atoms with E-state index >= 15 is 4.39 Å². The van der Waals surface area contributed by atoms with Crippen LogP contribution in [-0.2, 0) is 9.59 Å². The molecule has 0 heterocycles. The van der Waals surface area contributed by atoms with Gasteiger partial charge in [-0.2, -0.15) is 0 Å². The number of rotatable bonds is 2. The SMILES string of the molecule is CC1C[C@H]2[C@H]3CCC4=CC(=O)C=C[C@@]4(C)[C@@]3(F)C(O)C[C@@]2(C)[C@@]1(O)C(=O)CO. The number of hydrogen-bond donors (Lipinski definition) is 3. The first-order chi connectivity index (χ1) is 13.0. The van der Waals surface area contributed by atoms with Gasteiger partial charge in [0, 0.05) is 16.7 Å². The summed E-state index contributed by atoms with van der Waals surface area (Å²) in [5, 5.41) is 32.0. The Kier molecular flexibility index (Phi) is 4.15. The van der Waals surface area contributed by atoms with E-state index in [0.29, 0.717) is 24.8 Å². The number of fused-ring (bicyclic) bond motifs is 5. The normalized spacial score (nSPS) is 52.5. The lowest BCUT2D eigenvalue weighted by molar-refractivity contribution is -0.219. The number of allylic oxidation sites excluding steroid dienone is 4. The van der Waals surface area contributed by atoms with Crippen molar-refractivity contribution in [1.29, 1.82) is 0 Å². The summed E-state index contributed by atoms with van der Waals surface area (Å²) in [4.78, 5) is 24.4. The van der Waals surface area contributed by atoms with Crippen molar-refractivity contribution in [3.05, 3.63) is 23.8 Å². The zero-order valence-electron chi connectivity index (χ0n) is 16.6. The monoisotopic (exact) mass is 392 g/mol. The lowest BCUT2D eigenvalue weighted by atomic mass is 9.44. The van der Waals surface area contributed by atoms with Gasteiger partial charge in [-0.25, -0.2) is 4.39 Å². The summed E-state index contributed by atoms with van der Waals surface area (Å²) in [6.45, 7) is 4.48. The number of Topliss-reactive ketones (excluding diaryl/α,β-unsaturated/α-hetero) is 1. The van der Waals surface area contributed by atoms with Gasteiger partial charge in [0.2, 0.25) is 0 Å². The van der Waals surface area contributed by atoms with Crippen molar-refractivity contribution in [3.8, 4) is 0 Å². The van der Waals surface area contributed by atoms with Gasteiger partial charge in [-0.05, 0) is 56.6 Å². The Hall–Kier alpha value is -1.37. The largest absolute Gasteiger partial charge is 0.390 e. The van der Waals surface area contributed by atoms with Gasteiger partial charge in [-0.15, -0.1) is 0 Å². The Morgan fingerprint density at radius 2 is 2.00 bits per heavy atom. The van der Waals surface area contributed by atoms with E-state index in [-0.39, 0.29) is 18.1 Å². The average molecular weight is 392 g/mol. The molecular formula is C22H29FO5. The zero-order chi connectivity index (χ0) is 20.7. The molecule has 154 valence electrons. The van der Waals surface area contributed by atoms with Gasteiger partial charge in [0.1, 0.15) is 12.2 Å². The van der Waals surface area contributed by atoms with Gasteiger partial charge in [-0.1, -0.05) is 25.5 Å². The van der Waals surface area contributed by atoms with Crippen LogP contribution in [0, 0.1) is 28.6 Å². The van der Waals surface area contributed by atoms with Crippen molar-refractivity contribution in [1.82, 2.24) is 0 Å². The second kappa shape index (κ2) is 5.83. The molecule has 0 saturated heterocycles. The maximum atomic E-state index is 16.9. The minimum Gasteiger partial charge on any atom is -0.390 e. The average Bonchev–Trinajstić information content (AvgIpc) is 2.84. The summed E-state index contributed by atoms with van der Waals surface area (Å²) in [7, 11) is 0. The fourth-order valence-electron chi connectivity index (χ4n) is 7.26. The zero-order valence-corrected chi connectivity index (χ0v) is 16.6. The van der Waals surface area contributed by atoms with Crippen LogP contribution in [0.2, 0.25) is 0 Å². The van der Waals surface area contributed by atoms with Crippen LogP contribution in [0.5, 0.6) is 0 Å². The number of hydrogen-bond acceptors (Lipinski definition) is 5. The van der Waals surface area contributed by atoms with Crippen LogP contribution >= 0.6 is 0 Å². The molecule has 8 atom stereocenters. The van der Waals surface area contributed by atoms with E-state index in [4.69, 9.17) is 0 Å². The Balaban J connectivity index is 1.84. The molecule has 0 aromatic heterocycles. The van der Waals surface area contributed by atoms with Crippen LogP contribution in [0.4, 0.5) is 4.39 Å². The minimum atomic E-state index is -1.98. The van der Waals surface area contributed by atoms with E-state index in [1.54, 1.807) is 26.8 Å². The van der Waals surface area contributed by atoms with E-state index in [9.17, 15) is 24.9 Å². The molecule has 3 fully saturated rings. The van der Waals surface area contributed by atoms with Crippen molar-refractivity contribution in [2.45, 2.75) is 63.8 Å². The van der Waals surface area contributed by atoms with Crippen molar-refractivity contribution in [2.75, 3.05) is 6.61 Å². The summed E-state index contributed by atoms with van der Waals surface area (Å²) >= 11 is 0. The molecule has 3 saturated carbocycles. The van der Waals surface area contributed by atoms with Gasteiger partial charge in [-0.3, -0.25) is 9.59 Å². The molecule has 0 bridgehead atoms. The summed E-state index contributed by atoms with van der Waals surface area (Å²) in [6, 6.07) is 0. The van der Waals surface area contributed by atoms with E-state index in [1.165, 1.54) is 12.2 Å². The molecule has 0 aromatic rings. The predicted molar refractivity (Wildman–Crippen MR) is 99.9 cm³/mol. The number of aliphatic hydroxyl groups is 3. The highest BCUT2D eigenvalue weighted by atomic mass is 19.1. The Bertz CT molecular complexity index is 805. The first-order valence-electron chi connectivity index (χ1n) is 10.1. The van der Waals surface area contributed by atoms with E-state index < -0.39 is 52.4 Å². The third-order valence-corrected chi connectivity index (χ3v) is 8.79. The smallest absolute Gasteiger partial charge is 0.190 e. The predicted octanol–water partition coefficient (Wildman–Crippen LogP) is 1.90. The number of alkyl halides is 1. The highest BCUT2D eigenvalue weighted by molar-refractivity contribution is 6.01. The van der Waals surface area contributed by atoms with Crippen molar-refractivity contribution >= 4 is 11.6 Å². The molecule has 3 N–H and O–H groups in total. The van der Waals surface area contributed by atoms with E-state index in [1.807, 2.05) is 0 Å². The maximum absolute atomic E-state index is 16.9. The van der Waals surface area contributed by atoms with Crippen molar-refractivity contribution in [3.63, 3.8) is 0 Å². The summed E-state index contributed by atoms with van der Waals surface area (Å²) in [6.07, 6.45) is 4.44. The van der Waals surface area contributed by atoms with E-state index in [2.05, 4.69) is 0 Å². The highest BCUT2D eigenvalue weighted by Gasteiger charge is 2.75. The first-order valence-corrected chi connectivity index (χ1v) is 10.1. The fraction of sp³-hybridized carbons (Fsp3) is 0.727. The summed E-state index contributed by atoms with van der Waals surface area (Å²) < 4.78 is 16.9. The second-order valence-corrected chi connectivity index (χ2v) is 9.75. The highest BCUT2D eigenvalue weighted by Crippen LogP contribution is 2.70. The molecule has 4 rings (SSSR count). The molecule has 0 aliphatic heterocycles. The van der Waals surface area contributed by atoms with Crippen LogP contribution in [-0.4, -0.2) is 50.9 Å². The van der Waals surface area contributed by atoms with Gasteiger partial charge >= 0.3 is 0 Å². The topological polar surface area (TPSA) is 94.8 Å². The van der Waals surface area contributed by atoms with Crippen LogP contribution in [0.25, 0.3) is 0 Å². The second-order valence-electron chi connectivity index (χ2n) is 9.75. The molecule has 6 heteroatoms. The fourth-order valence-corrected chi connectivity index (χ4v) is 7.26. The Morgan fingerprint density at radius 1 is 1.32 bits per heavy atom. The van der Waals surface area contributed by atoms with Gasteiger partial charge in [0.15, 0.2) is 17.2 Å². The summed E-state index contributed by atoms with van der Waals surface area (Å²) in [5.74, 6) is -2.12. The van der Waals surface area contributed by atoms with Crippen LogP contribution in [0.3, 0.4) is 0 Å². The molecule has 4 aliphatic carbocycles. The first kappa shape index (κ1) is 19.9. The standard InChI is InChI=1S/C22H29FO5/c1-12-8-16-15-5-4-13-9-14(25)6-7-19(13,2)21(15,23)17(26)10-20(16,3)22(12,28)18(27)11-24/h6-7,9,12,15-17,24,26,28H,4-5,8,10-11H2,1-3H3/t12?,15-,16+,17?,19-,20-,21+,22+/m1/s1. The quantitative estimate of drug-likeness (QED) is 0.667. The molecular weight excluding hydrogens is 363 g/mol. The lowest BCUT2D eigenvalue weighted by Crippen LogP contribution is -2.69. The number of aliphatic hydroxyl groups excluding tert-OH is 2. The molecule has 0 spiro atoms. The Morgan fingerprint density at radius 3 is 2.64 bits per heavy atom. The third kappa shape index (κ3) is 2.01. The van der Waals surface area contributed by atoms with Gasteiger partial charge < -0.3 is 15.3 Å². The maximum Gasteiger partial charge on any atom is 0.190 e. The number of carbonyl (C=O) groups is 2. The molecule has 2 unspecified atom stereocenters. The number of ketones is 2. The minimum absolute atomic E-state index is 0.0676. The van der Waals surface area contributed by atoms with Crippen molar-refractivity contribution in [2.24, 2.45) is 28.6 Å². The van der Waals surface area contributed by atoms with Crippen molar-refractivity contribution < 1.29 is 29.3 Å². The Labute approximate surface area is 164 Å². The molecule has 0 radical (unpaired) electrons. The molecule has 5 nitrogen and oxygen atoms in total. The molecule has 0 aromatic carbocycles. The molecule has 0 amide bonds. The third-order valence-electron chi connectivity index (χ3n) is 8.79. The molecule has 4 aliphatic rings. The van der Waals surface area contributed by atoms with Crippen LogP contribution in [0.15, 0.2) is 23.8 Å². The number of carbonyl (C=O) groups excluding carboxylic acids is 2. The van der Waals surface area contributed by atoms with Gasteiger partial charge in [0.05, 0.1) is 6.10 Å². The van der Waals surface area contributed by atoms with Gasteiger partial charge in [0.25, 0.3) is 0 Å². The number of halogens is 1. The summed E-state index contributed by atoms with van der Waals surface area (Å²) in [5.41, 5.74) is -5.17. The van der Waals surface area contributed by atoms with Crippen LogP contribution < -0.4 is 0 Å². The lowest BCUT2D eigenvalue weighted by Gasteiger charge is -2.62. The van der Waals surface area contributed by atoms with Crippen LogP contribution in [0.1, 0.15) is 46.5 Å².